The van der Waals surface area contributed by atoms with Crippen molar-refractivity contribution < 1.29 is 13.6 Å². The first-order chi connectivity index (χ1) is 11.6. The van der Waals surface area contributed by atoms with Crippen LogP contribution in [0, 0.1) is 17.8 Å². The number of unbranched alkanes of at least 4 members (excludes halogenated alkanes) is 2. The second kappa shape index (κ2) is 10.1. The number of nitrogens with one attached hydrogen (secondary N) is 1. The van der Waals surface area contributed by atoms with Crippen molar-refractivity contribution in [3.63, 3.8) is 0 Å². The maximum Gasteiger partial charge on any atom is 0.275 e. The topological polar surface area (TPSA) is 29.1 Å². The van der Waals surface area contributed by atoms with Crippen molar-refractivity contribution in [3.05, 3.63) is 12.2 Å². The smallest absolute Gasteiger partial charge is 0.275 e. The van der Waals surface area contributed by atoms with Crippen molar-refractivity contribution in [2.45, 2.75) is 90.0 Å². The molecule has 138 valence electrons. The molecule has 1 amide bonds. The molecular formula is C20H33F2NO. The Morgan fingerprint density at radius 1 is 0.958 bits per heavy atom. The normalized spacial score (nSPS) is 30.6. The van der Waals surface area contributed by atoms with Crippen LogP contribution in [0.3, 0.4) is 0 Å². The summed E-state index contributed by atoms with van der Waals surface area (Å²) in [4.78, 5) is 11.4. The molecule has 0 radical (unpaired) electrons. The van der Waals surface area contributed by atoms with Crippen molar-refractivity contribution >= 4 is 5.91 Å². The monoisotopic (exact) mass is 341 g/mol. The fraction of sp³-hybridized carbons (Fsp3) is 0.850. The molecule has 0 spiro atoms. The molecule has 0 atom stereocenters. The summed E-state index contributed by atoms with van der Waals surface area (Å²) >= 11 is 0. The number of rotatable bonds is 7. The molecule has 2 nitrogen and oxygen atoms in total. The van der Waals surface area contributed by atoms with Gasteiger partial charge in [0.2, 0.25) is 5.91 Å². The molecule has 2 fully saturated rings. The predicted molar refractivity (Wildman–Crippen MR) is 93.8 cm³/mol. The molecule has 0 aliphatic heterocycles. The van der Waals surface area contributed by atoms with Crippen molar-refractivity contribution in [3.8, 4) is 0 Å². The van der Waals surface area contributed by atoms with Crippen LogP contribution in [0.2, 0.25) is 0 Å². The van der Waals surface area contributed by atoms with Gasteiger partial charge in [-0.15, -0.1) is 0 Å². The summed E-state index contributed by atoms with van der Waals surface area (Å²) in [6.07, 6.45) is 13.6. The van der Waals surface area contributed by atoms with Crippen LogP contribution in [-0.4, -0.2) is 11.9 Å². The van der Waals surface area contributed by atoms with Crippen LogP contribution in [0.15, 0.2) is 12.2 Å². The van der Waals surface area contributed by atoms with E-state index < -0.39 is 12.0 Å². The molecule has 24 heavy (non-hydrogen) atoms. The molecule has 0 saturated heterocycles. The van der Waals surface area contributed by atoms with Crippen LogP contribution in [0.1, 0.15) is 84.0 Å². The van der Waals surface area contributed by atoms with Crippen LogP contribution >= 0.6 is 0 Å². The molecule has 2 saturated carbocycles. The second-order valence-corrected chi connectivity index (χ2v) is 7.83. The molecule has 0 aromatic carbocycles. The van der Waals surface area contributed by atoms with Gasteiger partial charge in [-0.3, -0.25) is 4.79 Å². The van der Waals surface area contributed by atoms with E-state index in [9.17, 15) is 13.6 Å². The standard InChI is InChI=1S/C20H33F2NO/c1-2-3-4-5-15-6-8-16(9-7-15)17-10-12-18(13-11-17)23-20(24)14-19(21)22/h14-18H,2-13H2,1H3,(H,23,24). The largest absolute Gasteiger partial charge is 0.350 e. The minimum Gasteiger partial charge on any atom is -0.350 e. The Morgan fingerprint density at radius 3 is 2.08 bits per heavy atom. The molecule has 2 aliphatic carbocycles. The van der Waals surface area contributed by atoms with Gasteiger partial charge in [-0.2, -0.15) is 8.78 Å². The van der Waals surface area contributed by atoms with E-state index >= 15 is 0 Å². The van der Waals surface area contributed by atoms with Crippen molar-refractivity contribution in [1.29, 1.82) is 0 Å². The third-order valence-electron chi connectivity index (χ3n) is 6.13. The fourth-order valence-electron chi connectivity index (χ4n) is 4.71. The highest BCUT2D eigenvalue weighted by molar-refractivity contribution is 5.87. The average Bonchev–Trinajstić information content (AvgIpc) is 2.56. The summed E-state index contributed by atoms with van der Waals surface area (Å²) in [5.41, 5.74) is 0. The molecule has 0 unspecified atom stereocenters. The van der Waals surface area contributed by atoms with Crippen molar-refractivity contribution in [2.75, 3.05) is 0 Å². The third-order valence-corrected chi connectivity index (χ3v) is 6.13. The highest BCUT2D eigenvalue weighted by atomic mass is 19.3. The number of carbonyl (C=O) groups is 1. The molecule has 1 N–H and O–H groups in total. The van der Waals surface area contributed by atoms with Gasteiger partial charge in [0.05, 0.1) is 6.08 Å². The van der Waals surface area contributed by atoms with Gasteiger partial charge in [0.15, 0.2) is 0 Å². The molecule has 0 heterocycles. The lowest BCUT2D eigenvalue weighted by molar-refractivity contribution is -0.117. The van der Waals surface area contributed by atoms with Crippen LogP contribution in [0.25, 0.3) is 0 Å². The van der Waals surface area contributed by atoms with Gasteiger partial charge in [0.1, 0.15) is 0 Å². The molecular weight excluding hydrogens is 308 g/mol. The fourth-order valence-corrected chi connectivity index (χ4v) is 4.71. The molecule has 2 rings (SSSR count). The van der Waals surface area contributed by atoms with Crippen LogP contribution in [0.5, 0.6) is 0 Å². The summed E-state index contributed by atoms with van der Waals surface area (Å²) in [5.74, 6) is 1.94. The third kappa shape index (κ3) is 6.52. The van der Waals surface area contributed by atoms with Crippen LogP contribution < -0.4 is 5.32 Å². The Kier molecular flexibility index (Phi) is 8.20. The van der Waals surface area contributed by atoms with Gasteiger partial charge < -0.3 is 5.32 Å². The van der Waals surface area contributed by atoms with E-state index in [2.05, 4.69) is 12.2 Å². The van der Waals surface area contributed by atoms with E-state index in [0.29, 0.717) is 6.08 Å². The highest BCUT2D eigenvalue weighted by Gasteiger charge is 2.31. The first-order valence-corrected chi connectivity index (χ1v) is 9.91. The molecule has 0 aromatic rings. The van der Waals surface area contributed by atoms with Crippen molar-refractivity contribution in [2.24, 2.45) is 17.8 Å². The van der Waals surface area contributed by atoms with Gasteiger partial charge in [-0.1, -0.05) is 45.4 Å². The first kappa shape index (κ1) is 19.4. The van der Waals surface area contributed by atoms with Gasteiger partial charge in [0, 0.05) is 6.04 Å². The van der Waals surface area contributed by atoms with Gasteiger partial charge in [-0.25, -0.2) is 0 Å². The zero-order chi connectivity index (χ0) is 17.4. The lowest BCUT2D eigenvalue weighted by Gasteiger charge is -2.38. The summed E-state index contributed by atoms with van der Waals surface area (Å²) < 4.78 is 24.1. The number of amides is 1. The maximum absolute atomic E-state index is 12.1. The summed E-state index contributed by atoms with van der Waals surface area (Å²) in [6.45, 7) is 2.26. The lowest BCUT2D eigenvalue weighted by Crippen LogP contribution is -2.38. The van der Waals surface area contributed by atoms with Gasteiger partial charge in [-0.05, 0) is 56.3 Å². The minimum atomic E-state index is -1.92. The van der Waals surface area contributed by atoms with Gasteiger partial charge in [0.25, 0.3) is 6.08 Å². The summed E-state index contributed by atoms with van der Waals surface area (Å²) in [6, 6.07) is 0.0785. The number of halogens is 2. The maximum atomic E-state index is 12.1. The Hall–Kier alpha value is -0.930. The van der Waals surface area contributed by atoms with Gasteiger partial charge >= 0.3 is 0 Å². The Balaban J connectivity index is 1.64. The average molecular weight is 341 g/mol. The second-order valence-electron chi connectivity index (χ2n) is 7.83. The molecule has 4 heteroatoms. The molecule has 0 aromatic heterocycles. The zero-order valence-electron chi connectivity index (χ0n) is 15.0. The van der Waals surface area contributed by atoms with Crippen LogP contribution in [0.4, 0.5) is 8.78 Å². The van der Waals surface area contributed by atoms with E-state index in [0.717, 1.165) is 43.4 Å². The van der Waals surface area contributed by atoms with Crippen LogP contribution in [-0.2, 0) is 4.79 Å². The SMILES string of the molecule is CCCCCC1CCC(C2CCC(NC(=O)C=C(F)F)CC2)CC1. The number of hydrogen-bond donors (Lipinski definition) is 1. The number of hydrogen-bond acceptors (Lipinski definition) is 1. The van der Waals surface area contributed by atoms with E-state index in [-0.39, 0.29) is 6.04 Å². The Labute approximate surface area is 145 Å². The zero-order valence-corrected chi connectivity index (χ0v) is 15.0. The molecule has 2 aliphatic rings. The summed E-state index contributed by atoms with van der Waals surface area (Å²) in [7, 11) is 0. The quantitative estimate of drug-likeness (QED) is 0.458. The minimum absolute atomic E-state index is 0.0785. The predicted octanol–water partition coefficient (Wildman–Crippen LogP) is 5.83. The molecule has 0 bridgehead atoms. The van der Waals surface area contributed by atoms with E-state index in [1.165, 1.54) is 51.4 Å². The first-order valence-electron chi connectivity index (χ1n) is 9.91. The Bertz CT molecular complexity index is 404. The summed E-state index contributed by atoms with van der Waals surface area (Å²) in [5, 5.41) is 2.71. The number of carbonyl (C=O) groups excluding carboxylic acids is 1. The van der Waals surface area contributed by atoms with Crippen molar-refractivity contribution in [1.82, 2.24) is 5.32 Å². The van der Waals surface area contributed by atoms with E-state index in [1.54, 1.807) is 0 Å². The van der Waals surface area contributed by atoms with E-state index in [1.807, 2.05) is 0 Å². The highest BCUT2D eigenvalue weighted by Crippen LogP contribution is 2.41. The lowest BCUT2D eigenvalue weighted by atomic mass is 9.69. The Morgan fingerprint density at radius 2 is 1.54 bits per heavy atom. The van der Waals surface area contributed by atoms with E-state index in [4.69, 9.17) is 0 Å².